The molecule has 0 bridgehead atoms. The summed E-state index contributed by atoms with van der Waals surface area (Å²) in [4.78, 5) is 14.4. The van der Waals surface area contributed by atoms with Crippen molar-refractivity contribution in [3.63, 3.8) is 0 Å². The van der Waals surface area contributed by atoms with Crippen molar-refractivity contribution in [3.8, 4) is 0 Å². The van der Waals surface area contributed by atoms with Gasteiger partial charge in [0.1, 0.15) is 4.21 Å². The fourth-order valence-electron chi connectivity index (χ4n) is 2.76. The van der Waals surface area contributed by atoms with Crippen LogP contribution in [0.3, 0.4) is 0 Å². The normalized spacial score (nSPS) is 11.1. The number of carbonyl (C=O) groups excluding carboxylic acids is 1. The maximum absolute atomic E-state index is 12.6. The molecule has 0 aliphatic carbocycles. The van der Waals surface area contributed by atoms with Crippen LogP contribution in [-0.4, -0.2) is 41.5 Å². The number of nitrogens with zero attached hydrogens (tertiary/aromatic N) is 2. The van der Waals surface area contributed by atoms with Crippen LogP contribution in [-0.2, 0) is 10.0 Å². The molecule has 2 aromatic carbocycles. The van der Waals surface area contributed by atoms with E-state index in [0.29, 0.717) is 24.3 Å². The van der Waals surface area contributed by atoms with Crippen molar-refractivity contribution in [2.45, 2.75) is 4.21 Å². The molecule has 3 aromatic rings. The lowest BCUT2D eigenvalue weighted by Crippen LogP contribution is -2.33. The van der Waals surface area contributed by atoms with Crippen LogP contribution in [0.2, 0.25) is 0 Å². The molecule has 0 saturated heterocycles. The van der Waals surface area contributed by atoms with Crippen LogP contribution < -0.4 is 14.5 Å². The Labute approximate surface area is 175 Å². The Morgan fingerprint density at radius 2 is 1.62 bits per heavy atom. The molecule has 1 N–H and O–H groups in total. The van der Waals surface area contributed by atoms with Gasteiger partial charge in [-0.1, -0.05) is 24.3 Å². The highest BCUT2D eigenvalue weighted by Crippen LogP contribution is 2.25. The molecule has 0 aliphatic rings. The van der Waals surface area contributed by atoms with Crippen molar-refractivity contribution >= 4 is 38.6 Å². The summed E-state index contributed by atoms with van der Waals surface area (Å²) < 4.78 is 26.7. The second-order valence-electron chi connectivity index (χ2n) is 6.46. The average molecular weight is 430 g/mol. The molecule has 0 aliphatic heterocycles. The van der Waals surface area contributed by atoms with Crippen molar-refractivity contribution in [3.05, 3.63) is 77.7 Å². The van der Waals surface area contributed by atoms with E-state index in [2.05, 4.69) is 10.2 Å². The third-order valence-electron chi connectivity index (χ3n) is 4.53. The molecule has 0 fully saturated rings. The van der Waals surface area contributed by atoms with Gasteiger partial charge in [-0.15, -0.1) is 11.3 Å². The van der Waals surface area contributed by atoms with E-state index in [4.69, 9.17) is 0 Å². The molecule has 1 heterocycles. The minimum Gasteiger partial charge on any atom is -0.373 e. The minimum atomic E-state index is -3.59. The number of nitrogens with one attached hydrogen (secondary N) is 1. The summed E-state index contributed by atoms with van der Waals surface area (Å²) in [5.41, 5.74) is 2.07. The molecular weight excluding hydrogens is 406 g/mol. The lowest BCUT2D eigenvalue weighted by atomic mass is 10.2. The summed E-state index contributed by atoms with van der Waals surface area (Å²) in [6.45, 7) is 1.17. The first-order valence-electron chi connectivity index (χ1n) is 9.06. The van der Waals surface area contributed by atoms with E-state index in [1.54, 1.807) is 41.8 Å². The number of likely N-dealkylation sites (N-methyl/N-ethyl adjacent to an activating group) is 1. The predicted molar refractivity (Wildman–Crippen MR) is 118 cm³/mol. The number of hydrogen-bond acceptors (Lipinski definition) is 5. The number of amides is 1. The standard InChI is InChI=1S/C21H23N3O3S2/c1-23(18-7-4-3-5-8-18)15-14-22-21(25)17-10-12-19(13-11-17)24(2)29(26,27)20-9-6-16-28-20/h3-13,16H,14-15H2,1-2H3,(H,22,25). The number of hydrogen-bond donors (Lipinski definition) is 1. The van der Waals surface area contributed by atoms with Crippen molar-refractivity contribution in [2.24, 2.45) is 0 Å². The fourth-order valence-corrected chi connectivity index (χ4v) is 5.11. The summed E-state index contributed by atoms with van der Waals surface area (Å²) in [6, 6.07) is 19.8. The largest absolute Gasteiger partial charge is 0.373 e. The number of para-hydroxylation sites is 1. The fraction of sp³-hybridized carbons (Fsp3) is 0.190. The van der Waals surface area contributed by atoms with Crippen LogP contribution in [0.5, 0.6) is 0 Å². The first kappa shape index (κ1) is 20.9. The summed E-state index contributed by atoms with van der Waals surface area (Å²) in [7, 11) is -0.110. The lowest BCUT2D eigenvalue weighted by molar-refractivity contribution is 0.0954. The Hall–Kier alpha value is -2.84. The van der Waals surface area contributed by atoms with Gasteiger partial charge in [-0.05, 0) is 47.8 Å². The number of carbonyl (C=O) groups is 1. The van der Waals surface area contributed by atoms with Gasteiger partial charge in [0, 0.05) is 38.4 Å². The molecule has 0 atom stereocenters. The first-order valence-corrected chi connectivity index (χ1v) is 11.4. The van der Waals surface area contributed by atoms with Crippen molar-refractivity contribution < 1.29 is 13.2 Å². The van der Waals surface area contributed by atoms with Crippen LogP contribution in [0.1, 0.15) is 10.4 Å². The molecule has 0 saturated carbocycles. The SMILES string of the molecule is CN(CCNC(=O)c1ccc(N(C)S(=O)(=O)c2cccs2)cc1)c1ccccc1. The molecule has 8 heteroatoms. The van der Waals surface area contributed by atoms with Crippen molar-refractivity contribution in [2.75, 3.05) is 36.4 Å². The van der Waals surface area contributed by atoms with E-state index < -0.39 is 10.0 Å². The molecule has 29 heavy (non-hydrogen) atoms. The minimum absolute atomic E-state index is 0.193. The predicted octanol–water partition coefficient (Wildman–Crippen LogP) is 3.44. The summed E-state index contributed by atoms with van der Waals surface area (Å²) in [5, 5.41) is 4.62. The second kappa shape index (κ2) is 9.11. The highest BCUT2D eigenvalue weighted by atomic mass is 32.2. The highest BCUT2D eigenvalue weighted by Gasteiger charge is 2.22. The Morgan fingerprint density at radius 3 is 2.24 bits per heavy atom. The van der Waals surface area contributed by atoms with Crippen LogP contribution >= 0.6 is 11.3 Å². The molecule has 1 aromatic heterocycles. The third-order valence-corrected chi connectivity index (χ3v) is 7.69. The second-order valence-corrected chi connectivity index (χ2v) is 9.61. The van der Waals surface area contributed by atoms with Gasteiger partial charge in [0.2, 0.25) is 0 Å². The number of benzene rings is 2. The van der Waals surface area contributed by atoms with Gasteiger partial charge in [-0.25, -0.2) is 8.42 Å². The smallest absolute Gasteiger partial charge is 0.273 e. The van der Waals surface area contributed by atoms with Gasteiger partial charge < -0.3 is 10.2 Å². The summed E-state index contributed by atoms with van der Waals surface area (Å²) in [6.07, 6.45) is 0. The zero-order chi connectivity index (χ0) is 20.9. The van der Waals surface area contributed by atoms with E-state index in [9.17, 15) is 13.2 Å². The van der Waals surface area contributed by atoms with E-state index >= 15 is 0 Å². The van der Waals surface area contributed by atoms with E-state index in [0.717, 1.165) is 5.69 Å². The van der Waals surface area contributed by atoms with Gasteiger partial charge in [0.15, 0.2) is 0 Å². The Morgan fingerprint density at radius 1 is 0.931 bits per heavy atom. The summed E-state index contributed by atoms with van der Waals surface area (Å²) in [5.74, 6) is -0.193. The maximum Gasteiger partial charge on any atom is 0.273 e. The van der Waals surface area contributed by atoms with Crippen LogP contribution in [0.15, 0.2) is 76.3 Å². The van der Waals surface area contributed by atoms with E-state index in [1.807, 2.05) is 37.4 Å². The van der Waals surface area contributed by atoms with Crippen LogP contribution in [0.25, 0.3) is 0 Å². The van der Waals surface area contributed by atoms with Gasteiger partial charge in [0.05, 0.1) is 5.69 Å². The molecule has 152 valence electrons. The highest BCUT2D eigenvalue weighted by molar-refractivity contribution is 7.94. The molecule has 1 amide bonds. The average Bonchev–Trinajstić information content (AvgIpc) is 3.29. The number of rotatable bonds is 8. The van der Waals surface area contributed by atoms with Crippen molar-refractivity contribution in [1.29, 1.82) is 0 Å². The molecule has 0 unspecified atom stereocenters. The number of thiophene rings is 1. The zero-order valence-corrected chi connectivity index (χ0v) is 17.9. The molecule has 6 nitrogen and oxygen atoms in total. The molecule has 0 spiro atoms. The van der Waals surface area contributed by atoms with Gasteiger partial charge in [-0.2, -0.15) is 0 Å². The van der Waals surface area contributed by atoms with Crippen molar-refractivity contribution in [1.82, 2.24) is 5.32 Å². The molecule has 0 radical (unpaired) electrons. The first-order chi connectivity index (χ1) is 13.9. The van der Waals surface area contributed by atoms with Crippen LogP contribution in [0, 0.1) is 0 Å². The molecular formula is C21H23N3O3S2. The lowest BCUT2D eigenvalue weighted by Gasteiger charge is -2.20. The maximum atomic E-state index is 12.6. The van der Waals surface area contributed by atoms with Gasteiger partial charge >= 0.3 is 0 Å². The van der Waals surface area contributed by atoms with Crippen LogP contribution in [0.4, 0.5) is 11.4 Å². The quantitative estimate of drug-likeness (QED) is 0.596. The van der Waals surface area contributed by atoms with Gasteiger partial charge in [0.25, 0.3) is 15.9 Å². The number of anilines is 2. The Kier molecular flexibility index (Phi) is 6.56. The number of sulfonamides is 1. The van der Waals surface area contributed by atoms with E-state index in [1.165, 1.54) is 22.7 Å². The Balaban J connectivity index is 1.57. The van der Waals surface area contributed by atoms with Gasteiger partial charge in [-0.3, -0.25) is 9.10 Å². The molecule has 3 rings (SSSR count). The Bertz CT molecular complexity index is 1030. The third kappa shape index (κ3) is 4.96. The van der Waals surface area contributed by atoms with E-state index in [-0.39, 0.29) is 10.1 Å². The summed E-state index contributed by atoms with van der Waals surface area (Å²) >= 11 is 1.17. The topological polar surface area (TPSA) is 69.7 Å². The monoisotopic (exact) mass is 429 g/mol. The zero-order valence-electron chi connectivity index (χ0n) is 16.3.